The highest BCUT2D eigenvalue weighted by molar-refractivity contribution is 7.98. The summed E-state index contributed by atoms with van der Waals surface area (Å²) in [6.45, 7) is 6.35. The van der Waals surface area contributed by atoms with Crippen LogP contribution in [-0.2, 0) is 12.3 Å². The second kappa shape index (κ2) is 8.40. The Labute approximate surface area is 172 Å². The smallest absolute Gasteiger partial charge is 0.226 e. The molecule has 3 aromatic heterocycles. The summed E-state index contributed by atoms with van der Waals surface area (Å²) in [5.41, 5.74) is 2.65. The predicted octanol–water partition coefficient (Wildman–Crippen LogP) is 4.99. The molecule has 0 amide bonds. The number of aromatic nitrogens is 4. The third-order valence-corrected chi connectivity index (χ3v) is 5.37. The molecule has 0 unspecified atom stereocenters. The molecule has 4 rings (SSSR count). The summed E-state index contributed by atoms with van der Waals surface area (Å²) in [5, 5.41) is 9.48. The summed E-state index contributed by atoms with van der Waals surface area (Å²) < 4.78 is 18.2. The highest BCUT2D eigenvalue weighted by Gasteiger charge is 2.17. The van der Waals surface area contributed by atoms with Crippen LogP contribution in [0.25, 0.3) is 22.8 Å². The fourth-order valence-corrected chi connectivity index (χ4v) is 3.71. The minimum atomic E-state index is 0.575. The van der Waals surface area contributed by atoms with Crippen molar-refractivity contribution < 1.29 is 13.6 Å². The first-order valence-corrected chi connectivity index (χ1v) is 9.98. The minimum absolute atomic E-state index is 0.575. The Kier molecular flexibility index (Phi) is 5.53. The molecule has 0 aliphatic carbocycles. The molecule has 0 radical (unpaired) electrons. The van der Waals surface area contributed by atoms with Gasteiger partial charge >= 0.3 is 0 Å². The Bertz CT molecular complexity index is 1110. The fourth-order valence-electron chi connectivity index (χ4n) is 2.88. The van der Waals surface area contributed by atoms with Crippen LogP contribution in [0.1, 0.15) is 11.5 Å². The van der Waals surface area contributed by atoms with Gasteiger partial charge in [-0.1, -0.05) is 17.8 Å². The first kappa shape index (κ1) is 19.1. The van der Waals surface area contributed by atoms with Gasteiger partial charge in [-0.05, 0) is 37.3 Å². The van der Waals surface area contributed by atoms with Gasteiger partial charge in [-0.25, -0.2) is 4.98 Å². The second-order valence-electron chi connectivity index (χ2n) is 6.26. The molecule has 1 aromatic carbocycles. The molecule has 29 heavy (non-hydrogen) atoms. The average Bonchev–Trinajstić information content (AvgIpc) is 3.47. The van der Waals surface area contributed by atoms with Gasteiger partial charge in [0.15, 0.2) is 11.0 Å². The van der Waals surface area contributed by atoms with Crippen molar-refractivity contribution in [1.82, 2.24) is 19.7 Å². The summed E-state index contributed by atoms with van der Waals surface area (Å²) in [6, 6.07) is 9.49. The number of thioether (sulfide) groups is 1. The van der Waals surface area contributed by atoms with E-state index in [-0.39, 0.29) is 0 Å². The minimum Gasteiger partial charge on any atom is -0.497 e. The van der Waals surface area contributed by atoms with E-state index in [9.17, 15) is 0 Å². The number of nitrogens with zero attached hydrogens (tertiary/aromatic N) is 4. The highest BCUT2D eigenvalue weighted by atomic mass is 32.2. The van der Waals surface area contributed by atoms with E-state index >= 15 is 0 Å². The lowest BCUT2D eigenvalue weighted by molar-refractivity contribution is 0.415. The molecular formula is C21H20N4O3S. The number of hydrogen-bond donors (Lipinski definition) is 0. The molecule has 0 saturated carbocycles. The Balaban J connectivity index is 1.51. The van der Waals surface area contributed by atoms with Crippen molar-refractivity contribution >= 4 is 11.8 Å². The first-order chi connectivity index (χ1) is 14.2. The van der Waals surface area contributed by atoms with Gasteiger partial charge in [0.1, 0.15) is 17.8 Å². The van der Waals surface area contributed by atoms with Crippen LogP contribution in [0.2, 0.25) is 0 Å². The normalized spacial score (nSPS) is 11.0. The number of furan rings is 1. The number of oxazole rings is 1. The number of rotatable bonds is 8. The van der Waals surface area contributed by atoms with E-state index in [1.807, 2.05) is 47.9 Å². The molecule has 8 heteroatoms. The van der Waals surface area contributed by atoms with Crippen LogP contribution >= 0.6 is 11.8 Å². The van der Waals surface area contributed by atoms with Gasteiger partial charge < -0.3 is 13.6 Å². The molecular weight excluding hydrogens is 388 g/mol. The lowest BCUT2D eigenvalue weighted by Gasteiger charge is -2.06. The predicted molar refractivity (Wildman–Crippen MR) is 111 cm³/mol. The maximum atomic E-state index is 5.63. The Morgan fingerprint density at radius 2 is 2.00 bits per heavy atom. The van der Waals surface area contributed by atoms with Gasteiger partial charge in [-0.2, -0.15) is 0 Å². The number of allylic oxidation sites excluding steroid dienone is 1. The van der Waals surface area contributed by atoms with Crippen molar-refractivity contribution in [2.24, 2.45) is 0 Å². The van der Waals surface area contributed by atoms with Crippen LogP contribution in [0.4, 0.5) is 0 Å². The molecule has 4 aromatic rings. The third kappa shape index (κ3) is 3.97. The molecule has 0 bridgehead atoms. The maximum Gasteiger partial charge on any atom is 0.226 e. The standard InChI is InChI=1S/C21H20N4O3S/c1-4-10-25-19(18-9-11-27-14(18)2)23-24-21(25)29-13-16-12-28-20(22-16)15-5-7-17(26-3)8-6-15/h4-9,11-12H,1,10,13H2,2-3H3. The van der Waals surface area contributed by atoms with Gasteiger partial charge in [-0.3, -0.25) is 4.57 Å². The molecule has 0 fully saturated rings. The van der Waals surface area contributed by atoms with Crippen molar-refractivity contribution in [3.8, 4) is 28.6 Å². The number of hydrogen-bond acceptors (Lipinski definition) is 7. The van der Waals surface area contributed by atoms with Crippen molar-refractivity contribution in [2.75, 3.05) is 7.11 Å². The lowest BCUT2D eigenvalue weighted by Crippen LogP contribution is -2.00. The molecule has 0 saturated heterocycles. The van der Waals surface area contributed by atoms with E-state index in [0.717, 1.165) is 39.3 Å². The van der Waals surface area contributed by atoms with Crippen LogP contribution in [0.15, 0.2) is 69.5 Å². The van der Waals surface area contributed by atoms with E-state index < -0.39 is 0 Å². The molecule has 148 valence electrons. The van der Waals surface area contributed by atoms with Crippen LogP contribution in [0.5, 0.6) is 5.75 Å². The molecule has 0 spiro atoms. The summed E-state index contributed by atoms with van der Waals surface area (Å²) >= 11 is 1.55. The van der Waals surface area contributed by atoms with Crippen LogP contribution < -0.4 is 4.74 Å². The summed E-state index contributed by atoms with van der Waals surface area (Å²) in [5.74, 6) is 3.55. The van der Waals surface area contributed by atoms with E-state index in [1.165, 1.54) is 0 Å². The molecule has 0 N–H and O–H groups in total. The molecule has 0 aliphatic rings. The maximum absolute atomic E-state index is 5.63. The molecule has 7 nitrogen and oxygen atoms in total. The third-order valence-electron chi connectivity index (χ3n) is 4.37. The summed E-state index contributed by atoms with van der Waals surface area (Å²) in [6.07, 6.45) is 5.15. The molecule has 0 atom stereocenters. The number of methoxy groups -OCH3 is 1. The number of ether oxygens (including phenoxy) is 1. The lowest BCUT2D eigenvalue weighted by atomic mass is 10.2. The van der Waals surface area contributed by atoms with E-state index in [4.69, 9.17) is 13.6 Å². The van der Waals surface area contributed by atoms with E-state index in [2.05, 4.69) is 21.8 Å². The van der Waals surface area contributed by atoms with Crippen molar-refractivity contribution in [3.05, 3.63) is 67.0 Å². The number of aryl methyl sites for hydroxylation is 1. The highest BCUT2D eigenvalue weighted by Crippen LogP contribution is 2.29. The largest absolute Gasteiger partial charge is 0.497 e. The van der Waals surface area contributed by atoms with Crippen molar-refractivity contribution in [2.45, 2.75) is 24.4 Å². The van der Waals surface area contributed by atoms with Gasteiger partial charge in [0.05, 0.1) is 24.6 Å². The SMILES string of the molecule is C=CCn1c(SCc2coc(-c3ccc(OC)cc3)n2)nnc1-c1ccoc1C. The first-order valence-electron chi connectivity index (χ1n) is 8.99. The zero-order valence-electron chi connectivity index (χ0n) is 16.2. The Morgan fingerprint density at radius 1 is 1.17 bits per heavy atom. The van der Waals surface area contributed by atoms with Gasteiger partial charge in [-0.15, -0.1) is 16.8 Å². The average molecular weight is 408 g/mol. The quantitative estimate of drug-likeness (QED) is 0.300. The van der Waals surface area contributed by atoms with Crippen LogP contribution in [-0.4, -0.2) is 26.9 Å². The Hall–Kier alpha value is -3.26. The van der Waals surface area contributed by atoms with Crippen molar-refractivity contribution in [1.29, 1.82) is 0 Å². The number of benzene rings is 1. The van der Waals surface area contributed by atoms with Crippen molar-refractivity contribution in [3.63, 3.8) is 0 Å². The Morgan fingerprint density at radius 3 is 2.69 bits per heavy atom. The molecule has 3 heterocycles. The van der Waals surface area contributed by atoms with Crippen LogP contribution in [0.3, 0.4) is 0 Å². The second-order valence-corrected chi connectivity index (χ2v) is 7.20. The zero-order chi connectivity index (χ0) is 20.2. The topological polar surface area (TPSA) is 79.1 Å². The monoisotopic (exact) mass is 408 g/mol. The van der Waals surface area contributed by atoms with Gasteiger partial charge in [0, 0.05) is 17.9 Å². The van der Waals surface area contributed by atoms with Gasteiger partial charge in [0.2, 0.25) is 5.89 Å². The van der Waals surface area contributed by atoms with E-state index in [1.54, 1.807) is 31.4 Å². The summed E-state index contributed by atoms with van der Waals surface area (Å²) in [4.78, 5) is 4.58. The molecule has 0 aliphatic heterocycles. The van der Waals surface area contributed by atoms with E-state index in [0.29, 0.717) is 18.2 Å². The van der Waals surface area contributed by atoms with Gasteiger partial charge in [0.25, 0.3) is 0 Å². The fraction of sp³-hybridized carbons (Fsp3) is 0.190. The van der Waals surface area contributed by atoms with Crippen LogP contribution in [0, 0.1) is 6.92 Å². The summed E-state index contributed by atoms with van der Waals surface area (Å²) in [7, 11) is 1.64. The zero-order valence-corrected chi connectivity index (χ0v) is 17.0.